The summed E-state index contributed by atoms with van der Waals surface area (Å²) < 4.78 is 19.0. The van der Waals surface area contributed by atoms with Crippen molar-refractivity contribution in [2.75, 3.05) is 12.4 Å². The van der Waals surface area contributed by atoms with E-state index in [-0.39, 0.29) is 11.5 Å². The van der Waals surface area contributed by atoms with Crippen molar-refractivity contribution in [3.05, 3.63) is 64.8 Å². The van der Waals surface area contributed by atoms with Gasteiger partial charge in [0.25, 0.3) is 5.91 Å². The normalized spacial score (nSPS) is 10.4. The number of nitrogens with one attached hydrogen (secondary N) is 2. The summed E-state index contributed by atoms with van der Waals surface area (Å²) in [7, 11) is 1.43. The average Bonchev–Trinajstić information content (AvgIpc) is 3.14. The molecular formula is C20H18FN3O3S. The van der Waals surface area contributed by atoms with Gasteiger partial charge in [-0.25, -0.2) is 9.37 Å². The quantitative estimate of drug-likeness (QED) is 0.660. The zero-order chi connectivity index (χ0) is 20.1. The van der Waals surface area contributed by atoms with Crippen LogP contribution < -0.4 is 15.4 Å². The second kappa shape index (κ2) is 8.62. The number of carbonyl (C=O) groups excluding carboxylic acids is 2. The Hall–Kier alpha value is -3.26. The standard InChI is InChI=1S/C20H18FN3O3S/c1-12(25)22-10-13-3-5-14(6-4-13)18-11-28-20(23-18)24-19(26)16-8-7-15(27-2)9-17(16)21/h3-9,11H,10H2,1-2H3,(H,22,25)(H,23,24,26). The monoisotopic (exact) mass is 399 g/mol. The van der Waals surface area contributed by atoms with E-state index in [9.17, 15) is 14.0 Å². The molecule has 3 aromatic rings. The highest BCUT2D eigenvalue weighted by molar-refractivity contribution is 7.14. The number of hydrogen-bond donors (Lipinski definition) is 2. The zero-order valence-electron chi connectivity index (χ0n) is 15.3. The summed E-state index contributed by atoms with van der Waals surface area (Å²) >= 11 is 1.25. The van der Waals surface area contributed by atoms with Gasteiger partial charge >= 0.3 is 0 Å². The molecule has 0 aliphatic heterocycles. The van der Waals surface area contributed by atoms with Crippen LogP contribution in [0.5, 0.6) is 5.75 Å². The number of amides is 2. The van der Waals surface area contributed by atoms with E-state index in [1.165, 1.54) is 37.5 Å². The van der Waals surface area contributed by atoms with Gasteiger partial charge in [-0.2, -0.15) is 0 Å². The molecule has 0 unspecified atom stereocenters. The molecule has 3 rings (SSSR count). The van der Waals surface area contributed by atoms with E-state index in [4.69, 9.17) is 4.74 Å². The van der Waals surface area contributed by atoms with Crippen molar-refractivity contribution >= 4 is 28.3 Å². The summed E-state index contributed by atoms with van der Waals surface area (Å²) in [6.07, 6.45) is 0. The predicted molar refractivity (Wildman–Crippen MR) is 106 cm³/mol. The topological polar surface area (TPSA) is 80.3 Å². The number of benzene rings is 2. The fraction of sp³-hybridized carbons (Fsp3) is 0.150. The summed E-state index contributed by atoms with van der Waals surface area (Å²) in [5.41, 5.74) is 2.46. The van der Waals surface area contributed by atoms with Gasteiger partial charge in [-0.15, -0.1) is 11.3 Å². The second-order valence-electron chi connectivity index (χ2n) is 5.94. The summed E-state index contributed by atoms with van der Waals surface area (Å²) in [4.78, 5) is 27.6. The van der Waals surface area contributed by atoms with Gasteiger partial charge < -0.3 is 10.1 Å². The Bertz CT molecular complexity index is 1000. The lowest BCUT2D eigenvalue weighted by Gasteiger charge is -2.05. The Labute approximate surface area is 165 Å². The molecule has 1 aromatic heterocycles. The van der Waals surface area contributed by atoms with Gasteiger partial charge in [0.05, 0.1) is 18.4 Å². The van der Waals surface area contributed by atoms with Gasteiger partial charge in [0.2, 0.25) is 5.91 Å². The Kier molecular flexibility index (Phi) is 6.00. The van der Waals surface area contributed by atoms with Gasteiger partial charge in [0.1, 0.15) is 11.6 Å². The lowest BCUT2D eigenvalue weighted by molar-refractivity contribution is -0.119. The first-order valence-electron chi connectivity index (χ1n) is 8.40. The zero-order valence-corrected chi connectivity index (χ0v) is 16.1. The van der Waals surface area contributed by atoms with Crippen LogP contribution in [0.1, 0.15) is 22.8 Å². The lowest BCUT2D eigenvalue weighted by atomic mass is 10.1. The minimum absolute atomic E-state index is 0.0834. The third-order valence-corrected chi connectivity index (χ3v) is 4.69. The lowest BCUT2D eigenvalue weighted by Crippen LogP contribution is -2.18. The van der Waals surface area contributed by atoms with Crippen LogP contribution in [0.4, 0.5) is 9.52 Å². The molecule has 0 saturated carbocycles. The molecule has 0 aliphatic carbocycles. The van der Waals surface area contributed by atoms with Crippen LogP contribution in [0.25, 0.3) is 11.3 Å². The summed E-state index contributed by atoms with van der Waals surface area (Å²) in [5, 5.41) is 7.53. The van der Waals surface area contributed by atoms with Crippen LogP contribution in [0.15, 0.2) is 47.8 Å². The second-order valence-corrected chi connectivity index (χ2v) is 6.80. The van der Waals surface area contributed by atoms with E-state index < -0.39 is 11.7 Å². The number of thiazole rings is 1. The van der Waals surface area contributed by atoms with Crippen LogP contribution in [0, 0.1) is 5.82 Å². The molecule has 2 amide bonds. The molecule has 0 saturated heterocycles. The molecule has 6 nitrogen and oxygen atoms in total. The smallest absolute Gasteiger partial charge is 0.260 e. The van der Waals surface area contributed by atoms with Crippen LogP contribution >= 0.6 is 11.3 Å². The van der Waals surface area contributed by atoms with E-state index in [0.29, 0.717) is 23.1 Å². The predicted octanol–water partition coefficient (Wildman–Crippen LogP) is 3.85. The van der Waals surface area contributed by atoms with Crippen molar-refractivity contribution in [1.82, 2.24) is 10.3 Å². The van der Waals surface area contributed by atoms with E-state index >= 15 is 0 Å². The maximum Gasteiger partial charge on any atom is 0.260 e. The number of methoxy groups -OCH3 is 1. The highest BCUT2D eigenvalue weighted by atomic mass is 32.1. The Morgan fingerprint density at radius 2 is 1.93 bits per heavy atom. The number of halogens is 1. The van der Waals surface area contributed by atoms with Crippen molar-refractivity contribution in [2.24, 2.45) is 0 Å². The maximum absolute atomic E-state index is 14.0. The highest BCUT2D eigenvalue weighted by Gasteiger charge is 2.15. The Morgan fingerprint density at radius 1 is 1.18 bits per heavy atom. The van der Waals surface area contributed by atoms with Crippen LogP contribution in [0.2, 0.25) is 0 Å². The van der Waals surface area contributed by atoms with Gasteiger partial charge in [0, 0.05) is 30.5 Å². The summed E-state index contributed by atoms with van der Waals surface area (Å²) in [6, 6.07) is 11.6. The molecule has 0 spiro atoms. The maximum atomic E-state index is 14.0. The van der Waals surface area contributed by atoms with Gasteiger partial charge in [-0.3, -0.25) is 14.9 Å². The van der Waals surface area contributed by atoms with Crippen LogP contribution in [-0.4, -0.2) is 23.9 Å². The SMILES string of the molecule is COc1ccc(C(=O)Nc2nc(-c3ccc(CNC(C)=O)cc3)cs2)c(F)c1. The molecule has 0 radical (unpaired) electrons. The van der Waals surface area contributed by atoms with Crippen LogP contribution in [-0.2, 0) is 11.3 Å². The molecule has 1 heterocycles. The number of nitrogens with zero attached hydrogens (tertiary/aromatic N) is 1. The van der Waals surface area contributed by atoms with E-state index in [0.717, 1.165) is 17.2 Å². The molecule has 0 fully saturated rings. The van der Waals surface area contributed by atoms with Crippen molar-refractivity contribution in [1.29, 1.82) is 0 Å². The molecule has 2 aromatic carbocycles. The minimum atomic E-state index is -0.664. The average molecular weight is 399 g/mol. The number of anilines is 1. The van der Waals surface area contributed by atoms with Crippen LogP contribution in [0.3, 0.4) is 0 Å². The van der Waals surface area contributed by atoms with Gasteiger partial charge in [-0.05, 0) is 17.7 Å². The molecule has 28 heavy (non-hydrogen) atoms. The molecule has 0 aliphatic rings. The van der Waals surface area contributed by atoms with Crippen molar-refractivity contribution in [2.45, 2.75) is 13.5 Å². The highest BCUT2D eigenvalue weighted by Crippen LogP contribution is 2.26. The van der Waals surface area contributed by atoms with Gasteiger partial charge in [0.15, 0.2) is 5.13 Å². The molecule has 0 atom stereocenters. The Balaban J connectivity index is 1.68. The molecule has 8 heteroatoms. The first-order chi connectivity index (χ1) is 13.5. The number of carbonyl (C=O) groups is 2. The van der Waals surface area contributed by atoms with Crippen molar-refractivity contribution in [3.8, 4) is 17.0 Å². The van der Waals surface area contributed by atoms with Crippen molar-refractivity contribution < 1.29 is 18.7 Å². The van der Waals surface area contributed by atoms with Crippen molar-refractivity contribution in [3.63, 3.8) is 0 Å². The number of rotatable bonds is 6. The summed E-state index contributed by atoms with van der Waals surface area (Å²) in [6.45, 7) is 1.93. The number of aromatic nitrogens is 1. The first-order valence-corrected chi connectivity index (χ1v) is 9.28. The van der Waals surface area contributed by atoms with E-state index in [1.54, 1.807) is 0 Å². The Morgan fingerprint density at radius 3 is 2.57 bits per heavy atom. The number of ether oxygens (including phenoxy) is 1. The third-order valence-electron chi connectivity index (χ3n) is 3.94. The first kappa shape index (κ1) is 19.5. The minimum Gasteiger partial charge on any atom is -0.497 e. The van der Waals surface area contributed by atoms with E-state index in [2.05, 4.69) is 15.6 Å². The molecule has 144 valence electrons. The molecule has 2 N–H and O–H groups in total. The fourth-order valence-corrected chi connectivity index (χ4v) is 3.17. The molecule has 0 bridgehead atoms. The fourth-order valence-electron chi connectivity index (χ4n) is 2.46. The summed E-state index contributed by atoms with van der Waals surface area (Å²) in [5.74, 6) is -0.986. The third kappa shape index (κ3) is 4.72. The molecular weight excluding hydrogens is 381 g/mol. The van der Waals surface area contributed by atoms with Gasteiger partial charge in [-0.1, -0.05) is 24.3 Å². The van der Waals surface area contributed by atoms with E-state index in [1.807, 2.05) is 29.6 Å². The largest absolute Gasteiger partial charge is 0.497 e. The number of hydrogen-bond acceptors (Lipinski definition) is 5.